The SMILES string of the molecule is COc1ccnc(COc2cc(-c3ccc(F)cc3)cnc2N)c1. The lowest BCUT2D eigenvalue weighted by molar-refractivity contribution is 0.301. The van der Waals surface area contributed by atoms with Gasteiger partial charge in [0.2, 0.25) is 0 Å². The summed E-state index contributed by atoms with van der Waals surface area (Å²) in [4.78, 5) is 8.35. The molecule has 2 heterocycles. The van der Waals surface area contributed by atoms with Crippen LogP contribution >= 0.6 is 0 Å². The maximum absolute atomic E-state index is 13.0. The first-order chi connectivity index (χ1) is 11.7. The predicted molar refractivity (Wildman–Crippen MR) is 89.2 cm³/mol. The van der Waals surface area contributed by atoms with Crippen LogP contribution in [0.4, 0.5) is 10.2 Å². The predicted octanol–water partition coefficient (Wildman–Crippen LogP) is 3.45. The summed E-state index contributed by atoms with van der Waals surface area (Å²) in [6.07, 6.45) is 3.27. The number of benzene rings is 1. The van der Waals surface area contributed by atoms with Gasteiger partial charge in [0.05, 0.1) is 12.8 Å². The highest BCUT2D eigenvalue weighted by Crippen LogP contribution is 2.27. The first kappa shape index (κ1) is 15.7. The molecule has 24 heavy (non-hydrogen) atoms. The second-order valence-corrected chi connectivity index (χ2v) is 5.09. The number of hydrogen-bond acceptors (Lipinski definition) is 5. The van der Waals surface area contributed by atoms with Crippen LogP contribution in [0.5, 0.6) is 11.5 Å². The Morgan fingerprint density at radius 2 is 1.83 bits per heavy atom. The molecule has 1 aromatic carbocycles. The monoisotopic (exact) mass is 325 g/mol. The minimum Gasteiger partial charge on any atom is -0.497 e. The van der Waals surface area contributed by atoms with E-state index >= 15 is 0 Å². The van der Waals surface area contributed by atoms with E-state index in [2.05, 4.69) is 9.97 Å². The molecule has 0 unspecified atom stereocenters. The van der Waals surface area contributed by atoms with Crippen molar-refractivity contribution >= 4 is 5.82 Å². The zero-order chi connectivity index (χ0) is 16.9. The van der Waals surface area contributed by atoms with Gasteiger partial charge in [0.25, 0.3) is 0 Å². The molecule has 5 nitrogen and oxygen atoms in total. The fourth-order valence-electron chi connectivity index (χ4n) is 2.18. The maximum atomic E-state index is 13.0. The average molecular weight is 325 g/mol. The molecular weight excluding hydrogens is 309 g/mol. The van der Waals surface area contributed by atoms with E-state index in [1.807, 2.05) is 0 Å². The van der Waals surface area contributed by atoms with Gasteiger partial charge >= 0.3 is 0 Å². The highest BCUT2D eigenvalue weighted by Gasteiger charge is 2.07. The number of nitrogen functional groups attached to an aromatic ring is 1. The number of nitrogens with zero attached hydrogens (tertiary/aromatic N) is 2. The quantitative estimate of drug-likeness (QED) is 0.778. The molecule has 0 saturated heterocycles. The van der Waals surface area contributed by atoms with Crippen LogP contribution < -0.4 is 15.2 Å². The third-order valence-corrected chi connectivity index (χ3v) is 3.46. The highest BCUT2D eigenvalue weighted by atomic mass is 19.1. The normalized spacial score (nSPS) is 10.4. The van der Waals surface area contributed by atoms with E-state index in [9.17, 15) is 4.39 Å². The Bertz CT molecular complexity index is 838. The summed E-state index contributed by atoms with van der Waals surface area (Å²) in [7, 11) is 1.59. The van der Waals surface area contributed by atoms with Crippen molar-refractivity contribution in [3.8, 4) is 22.6 Å². The summed E-state index contributed by atoms with van der Waals surface area (Å²) in [6, 6.07) is 11.5. The van der Waals surface area contributed by atoms with E-state index < -0.39 is 0 Å². The largest absolute Gasteiger partial charge is 0.497 e. The number of aromatic nitrogens is 2. The van der Waals surface area contributed by atoms with Crippen LogP contribution in [0.25, 0.3) is 11.1 Å². The highest BCUT2D eigenvalue weighted by molar-refractivity contribution is 5.66. The van der Waals surface area contributed by atoms with Crippen LogP contribution in [0.2, 0.25) is 0 Å². The summed E-state index contributed by atoms with van der Waals surface area (Å²) in [5, 5.41) is 0. The molecule has 6 heteroatoms. The molecule has 3 aromatic rings. The van der Waals surface area contributed by atoms with E-state index in [0.717, 1.165) is 11.1 Å². The van der Waals surface area contributed by atoms with Crippen molar-refractivity contribution in [3.05, 3.63) is 66.4 Å². The zero-order valence-corrected chi connectivity index (χ0v) is 13.1. The van der Waals surface area contributed by atoms with Gasteiger partial charge < -0.3 is 15.2 Å². The smallest absolute Gasteiger partial charge is 0.166 e. The standard InChI is InChI=1S/C18H16FN3O2/c1-23-16-6-7-21-15(9-16)11-24-17-8-13(10-22-18(17)20)12-2-4-14(19)5-3-12/h2-10H,11H2,1H3,(H2,20,22). The fraction of sp³-hybridized carbons (Fsp3) is 0.111. The van der Waals surface area contributed by atoms with Gasteiger partial charge in [-0.3, -0.25) is 4.98 Å². The third-order valence-electron chi connectivity index (χ3n) is 3.46. The second kappa shape index (κ2) is 6.95. The van der Waals surface area contributed by atoms with E-state index in [4.69, 9.17) is 15.2 Å². The molecule has 0 amide bonds. The first-order valence-electron chi connectivity index (χ1n) is 7.29. The van der Waals surface area contributed by atoms with Gasteiger partial charge in [0, 0.05) is 24.0 Å². The van der Waals surface area contributed by atoms with Crippen LogP contribution in [0.15, 0.2) is 54.9 Å². The van der Waals surface area contributed by atoms with Crippen LogP contribution in [0, 0.1) is 5.82 Å². The number of nitrogens with two attached hydrogens (primary N) is 1. The summed E-state index contributed by atoms with van der Waals surface area (Å²) in [5.74, 6) is 1.14. The number of halogens is 1. The van der Waals surface area contributed by atoms with Gasteiger partial charge in [-0.15, -0.1) is 0 Å². The molecule has 122 valence electrons. The average Bonchev–Trinajstić information content (AvgIpc) is 2.62. The number of anilines is 1. The number of pyridine rings is 2. The maximum Gasteiger partial charge on any atom is 0.166 e. The molecule has 0 aliphatic rings. The molecule has 2 N–H and O–H groups in total. The van der Waals surface area contributed by atoms with Crippen LogP contribution in [0.1, 0.15) is 5.69 Å². The molecule has 0 bridgehead atoms. The molecule has 0 saturated carbocycles. The zero-order valence-electron chi connectivity index (χ0n) is 13.1. The summed E-state index contributed by atoms with van der Waals surface area (Å²) < 4.78 is 23.9. The van der Waals surface area contributed by atoms with E-state index in [1.165, 1.54) is 12.1 Å². The van der Waals surface area contributed by atoms with Crippen LogP contribution in [-0.4, -0.2) is 17.1 Å². The Balaban J connectivity index is 1.80. The Hall–Kier alpha value is -3.15. The van der Waals surface area contributed by atoms with Crippen molar-refractivity contribution in [3.63, 3.8) is 0 Å². The van der Waals surface area contributed by atoms with Gasteiger partial charge in [-0.05, 0) is 29.8 Å². The van der Waals surface area contributed by atoms with Gasteiger partial charge in [0.1, 0.15) is 18.2 Å². The number of methoxy groups -OCH3 is 1. The lowest BCUT2D eigenvalue weighted by Crippen LogP contribution is -2.02. The Kier molecular flexibility index (Phi) is 4.56. The molecule has 2 aromatic heterocycles. The Morgan fingerprint density at radius 3 is 2.58 bits per heavy atom. The summed E-state index contributed by atoms with van der Waals surface area (Å²) >= 11 is 0. The van der Waals surface area contributed by atoms with Crippen LogP contribution in [0.3, 0.4) is 0 Å². The Labute approximate surface area is 138 Å². The number of rotatable bonds is 5. The summed E-state index contributed by atoms with van der Waals surface area (Å²) in [5.41, 5.74) is 8.20. The van der Waals surface area contributed by atoms with Gasteiger partial charge in [-0.1, -0.05) is 12.1 Å². The topological polar surface area (TPSA) is 70.3 Å². The molecule has 0 aliphatic carbocycles. The molecule has 0 aliphatic heterocycles. The summed E-state index contributed by atoms with van der Waals surface area (Å²) in [6.45, 7) is 0.232. The third kappa shape index (κ3) is 3.60. The lowest BCUT2D eigenvalue weighted by atomic mass is 10.1. The molecular formula is C18H16FN3O2. The Morgan fingerprint density at radius 1 is 1.04 bits per heavy atom. The number of hydrogen-bond donors (Lipinski definition) is 1. The minimum atomic E-state index is -0.289. The fourth-order valence-corrected chi connectivity index (χ4v) is 2.18. The lowest BCUT2D eigenvalue weighted by Gasteiger charge is -2.10. The van der Waals surface area contributed by atoms with Gasteiger partial charge in [-0.2, -0.15) is 0 Å². The van der Waals surface area contributed by atoms with Crippen molar-refractivity contribution < 1.29 is 13.9 Å². The first-order valence-corrected chi connectivity index (χ1v) is 7.29. The van der Waals surface area contributed by atoms with Crippen molar-refractivity contribution in [2.24, 2.45) is 0 Å². The van der Waals surface area contributed by atoms with Crippen molar-refractivity contribution in [1.29, 1.82) is 0 Å². The molecule has 0 spiro atoms. The molecule has 0 atom stereocenters. The second-order valence-electron chi connectivity index (χ2n) is 5.09. The van der Waals surface area contributed by atoms with Gasteiger partial charge in [0.15, 0.2) is 11.6 Å². The van der Waals surface area contributed by atoms with E-state index in [0.29, 0.717) is 17.2 Å². The molecule has 0 radical (unpaired) electrons. The molecule has 3 rings (SSSR count). The van der Waals surface area contributed by atoms with Crippen molar-refractivity contribution in [2.45, 2.75) is 6.61 Å². The van der Waals surface area contributed by atoms with Gasteiger partial charge in [-0.25, -0.2) is 9.37 Å². The number of ether oxygens (including phenoxy) is 2. The van der Waals surface area contributed by atoms with Crippen molar-refractivity contribution in [2.75, 3.05) is 12.8 Å². The minimum absolute atomic E-state index is 0.232. The molecule has 0 fully saturated rings. The van der Waals surface area contributed by atoms with Crippen LogP contribution in [-0.2, 0) is 6.61 Å². The van der Waals surface area contributed by atoms with E-state index in [-0.39, 0.29) is 18.2 Å². The van der Waals surface area contributed by atoms with E-state index in [1.54, 1.807) is 49.8 Å². The van der Waals surface area contributed by atoms with Crippen molar-refractivity contribution in [1.82, 2.24) is 9.97 Å².